The van der Waals surface area contributed by atoms with Crippen LogP contribution in [-0.4, -0.2) is 71.8 Å². The van der Waals surface area contributed by atoms with E-state index in [0.717, 1.165) is 19.5 Å². The normalized spacial score (nSPS) is 23.7. The van der Waals surface area contributed by atoms with Crippen LogP contribution < -0.4 is 15.4 Å². The number of fused-ring (bicyclic) bond motifs is 1. The number of anilines is 1. The predicted molar refractivity (Wildman–Crippen MR) is 146 cm³/mol. The molecule has 206 valence electrons. The number of benzene rings is 1. The van der Waals surface area contributed by atoms with E-state index < -0.39 is 21.8 Å². The van der Waals surface area contributed by atoms with Crippen molar-refractivity contribution in [3.63, 3.8) is 0 Å². The molecule has 1 aliphatic heterocycles. The molecule has 3 heterocycles. The van der Waals surface area contributed by atoms with E-state index in [9.17, 15) is 18.3 Å². The number of nitrogens with zero attached hydrogens (tertiary/aromatic N) is 3. The Morgan fingerprint density at radius 1 is 1.05 bits per heavy atom. The van der Waals surface area contributed by atoms with Crippen molar-refractivity contribution in [1.29, 1.82) is 0 Å². The van der Waals surface area contributed by atoms with Gasteiger partial charge >= 0.3 is 0 Å². The highest BCUT2D eigenvalue weighted by Gasteiger charge is 2.37. The van der Waals surface area contributed by atoms with Crippen LogP contribution in [0.25, 0.3) is 10.3 Å². The Kier molecular flexibility index (Phi) is 7.23. The van der Waals surface area contributed by atoms with E-state index in [1.807, 2.05) is 0 Å². The van der Waals surface area contributed by atoms with Crippen molar-refractivity contribution in [2.24, 2.45) is 5.16 Å². The Hall–Kier alpha value is -3.13. The van der Waals surface area contributed by atoms with Gasteiger partial charge in [0.05, 0.1) is 16.2 Å². The molecule has 0 radical (unpaired) electrons. The average molecular weight is 572 g/mol. The molecule has 0 spiro atoms. The molecule has 2 aromatic heterocycles. The van der Waals surface area contributed by atoms with Crippen LogP contribution in [0.15, 0.2) is 46.4 Å². The number of hydrogen-bond acceptors (Lipinski definition) is 11. The molecule has 1 amide bonds. The number of thiazole rings is 1. The van der Waals surface area contributed by atoms with Crippen LogP contribution in [0.5, 0.6) is 5.88 Å². The molecule has 39 heavy (non-hydrogen) atoms. The number of aliphatic hydroxyl groups is 1. The van der Waals surface area contributed by atoms with E-state index in [2.05, 4.69) is 25.8 Å². The first-order valence-electron chi connectivity index (χ1n) is 13.1. The summed E-state index contributed by atoms with van der Waals surface area (Å²) in [6.07, 6.45) is 3.24. The second kappa shape index (κ2) is 10.8. The summed E-state index contributed by atoms with van der Waals surface area (Å²) in [5.74, 6) is -0.0488. The molecule has 3 N–H and O–H groups in total. The van der Waals surface area contributed by atoms with E-state index in [4.69, 9.17) is 9.57 Å². The van der Waals surface area contributed by atoms with Crippen molar-refractivity contribution >= 4 is 48.3 Å². The van der Waals surface area contributed by atoms with Gasteiger partial charge in [-0.1, -0.05) is 28.6 Å². The second-order valence-corrected chi connectivity index (χ2v) is 13.3. The number of hydrogen-bond donors (Lipinski definition) is 3. The molecular formula is C26H29N5O6S2. The summed E-state index contributed by atoms with van der Waals surface area (Å²) in [6, 6.07) is 9.67. The molecule has 2 saturated carbocycles. The third-order valence-corrected chi connectivity index (χ3v) is 10.2. The minimum atomic E-state index is -3.36. The Morgan fingerprint density at radius 3 is 2.56 bits per heavy atom. The number of amides is 1. The third kappa shape index (κ3) is 5.91. The standard InChI is InChI=1S/C26H29N5O6S2/c32-16-3-4-17(13-16)37-31-23(15-1-5-19(6-2-15)39(34,35)20-7-8-20)24(33)30-26-28-21-9-10-22(29-25(21)38-26)36-18-11-12-27-14-18/h1-2,5-6,9-10,16-18,20,27,32H,3-4,7-8,11-14H2,(H,28,30,33)/t16-,17-,18-/m1/s1. The molecule has 13 heteroatoms. The number of pyridine rings is 1. The molecule has 0 unspecified atom stereocenters. The maximum absolute atomic E-state index is 13.4. The van der Waals surface area contributed by atoms with E-state index in [1.54, 1.807) is 24.3 Å². The number of ether oxygens (including phenoxy) is 1. The SMILES string of the molecule is O=C(Nc1nc2ccc(O[C@@H]3CCNC3)nc2s1)C(=NO[C@@H]1CC[C@@H](O)C1)c1ccc(S(=O)(=O)C2CC2)cc1. The summed E-state index contributed by atoms with van der Waals surface area (Å²) in [6.45, 7) is 1.69. The number of sulfone groups is 1. The fraction of sp³-hybridized carbons (Fsp3) is 0.462. The fourth-order valence-electron chi connectivity index (χ4n) is 4.71. The monoisotopic (exact) mass is 571 g/mol. The maximum atomic E-state index is 13.4. The second-order valence-electron chi connectivity index (χ2n) is 10.1. The van der Waals surface area contributed by atoms with Gasteiger partial charge in [0.1, 0.15) is 22.6 Å². The van der Waals surface area contributed by atoms with Gasteiger partial charge in [0.15, 0.2) is 20.7 Å². The molecule has 1 aromatic carbocycles. The van der Waals surface area contributed by atoms with E-state index in [0.29, 0.717) is 59.0 Å². The van der Waals surface area contributed by atoms with Crippen LogP contribution in [0.1, 0.15) is 44.1 Å². The first-order chi connectivity index (χ1) is 18.8. The quantitative estimate of drug-likeness (QED) is 0.260. The largest absolute Gasteiger partial charge is 0.473 e. The first-order valence-corrected chi connectivity index (χ1v) is 15.4. The van der Waals surface area contributed by atoms with Crippen molar-refractivity contribution < 1.29 is 27.9 Å². The number of rotatable bonds is 9. The van der Waals surface area contributed by atoms with Crippen molar-refractivity contribution in [3.05, 3.63) is 42.0 Å². The molecule has 2 aliphatic carbocycles. The van der Waals surface area contributed by atoms with E-state index >= 15 is 0 Å². The lowest BCUT2D eigenvalue weighted by molar-refractivity contribution is -0.110. The fourth-order valence-corrected chi connectivity index (χ4v) is 7.20. The number of oxime groups is 1. The molecule has 3 aromatic rings. The highest BCUT2D eigenvalue weighted by Crippen LogP contribution is 2.33. The van der Waals surface area contributed by atoms with Crippen LogP contribution in [0.2, 0.25) is 0 Å². The van der Waals surface area contributed by atoms with Crippen LogP contribution in [0, 0.1) is 0 Å². The van der Waals surface area contributed by atoms with Gasteiger partial charge in [-0.2, -0.15) is 0 Å². The molecule has 3 aliphatic rings. The van der Waals surface area contributed by atoms with Crippen LogP contribution in [0.3, 0.4) is 0 Å². The lowest BCUT2D eigenvalue weighted by Gasteiger charge is -2.11. The summed E-state index contributed by atoms with van der Waals surface area (Å²) in [4.78, 5) is 28.9. The van der Waals surface area contributed by atoms with Gasteiger partial charge in [-0.25, -0.2) is 18.4 Å². The minimum Gasteiger partial charge on any atom is -0.473 e. The van der Waals surface area contributed by atoms with Crippen molar-refractivity contribution in [3.8, 4) is 5.88 Å². The highest BCUT2D eigenvalue weighted by molar-refractivity contribution is 7.92. The van der Waals surface area contributed by atoms with E-state index in [-0.39, 0.29) is 28.1 Å². The Labute approximate surface area is 229 Å². The topological polar surface area (TPSA) is 152 Å². The van der Waals surface area contributed by atoms with Crippen molar-refractivity contribution in [1.82, 2.24) is 15.3 Å². The average Bonchev–Trinajstić information content (AvgIpc) is 3.30. The zero-order chi connectivity index (χ0) is 27.0. The molecule has 6 rings (SSSR count). The molecule has 0 bridgehead atoms. The first kappa shape index (κ1) is 26.1. The van der Waals surface area contributed by atoms with Gasteiger partial charge in [-0.3, -0.25) is 10.1 Å². The number of aromatic nitrogens is 2. The maximum Gasteiger partial charge on any atom is 0.280 e. The molecule has 11 nitrogen and oxygen atoms in total. The van der Waals surface area contributed by atoms with Crippen molar-refractivity contribution in [2.75, 3.05) is 18.4 Å². The van der Waals surface area contributed by atoms with Gasteiger partial charge in [0.25, 0.3) is 5.91 Å². The summed E-state index contributed by atoms with van der Waals surface area (Å²) in [7, 11) is -3.36. The number of carbonyl (C=O) groups is 1. The van der Waals surface area contributed by atoms with Crippen molar-refractivity contribution in [2.45, 2.75) is 67.0 Å². The van der Waals surface area contributed by atoms with Gasteiger partial charge in [-0.05, 0) is 56.8 Å². The summed E-state index contributed by atoms with van der Waals surface area (Å²) < 4.78 is 31.1. The zero-order valence-electron chi connectivity index (χ0n) is 21.1. The van der Waals surface area contributed by atoms with Gasteiger partial charge in [0.2, 0.25) is 5.88 Å². The molecule has 3 fully saturated rings. The van der Waals surface area contributed by atoms with Crippen LogP contribution in [-0.2, 0) is 19.5 Å². The highest BCUT2D eigenvalue weighted by atomic mass is 32.2. The van der Waals surface area contributed by atoms with Gasteiger partial charge < -0.3 is 20.0 Å². The van der Waals surface area contributed by atoms with Gasteiger partial charge in [-0.15, -0.1) is 0 Å². The van der Waals surface area contributed by atoms with E-state index in [1.165, 1.54) is 23.5 Å². The Morgan fingerprint density at radius 2 is 1.87 bits per heavy atom. The summed E-state index contributed by atoms with van der Waals surface area (Å²) >= 11 is 1.21. The van der Waals surface area contributed by atoms with Gasteiger partial charge in [0, 0.05) is 24.6 Å². The van der Waals surface area contributed by atoms with Crippen LogP contribution in [0.4, 0.5) is 5.13 Å². The smallest absolute Gasteiger partial charge is 0.280 e. The predicted octanol–water partition coefficient (Wildman–Crippen LogP) is 2.64. The number of aliphatic hydroxyl groups excluding tert-OH is 1. The Balaban J connectivity index is 1.22. The molecule has 3 atom stereocenters. The Bertz CT molecular complexity index is 1500. The summed E-state index contributed by atoms with van der Waals surface area (Å²) in [5, 5.41) is 20.0. The molecule has 1 saturated heterocycles. The lowest BCUT2D eigenvalue weighted by Crippen LogP contribution is -2.25. The third-order valence-electron chi connectivity index (χ3n) is 7.04. The zero-order valence-corrected chi connectivity index (χ0v) is 22.7. The minimum absolute atomic E-state index is 0.0169. The number of carbonyl (C=O) groups excluding carboxylic acids is 1. The lowest BCUT2D eigenvalue weighted by atomic mass is 10.1. The molecular weight excluding hydrogens is 542 g/mol. The van der Waals surface area contributed by atoms with Crippen LogP contribution >= 0.6 is 11.3 Å². The summed E-state index contributed by atoms with van der Waals surface area (Å²) in [5.41, 5.74) is 1.01. The number of nitrogens with one attached hydrogen (secondary N) is 2.